The highest BCUT2D eigenvalue weighted by atomic mass is 16.7. The van der Waals surface area contributed by atoms with Gasteiger partial charge in [0, 0.05) is 18.5 Å². The van der Waals surface area contributed by atoms with E-state index in [1.54, 1.807) is 18.2 Å². The van der Waals surface area contributed by atoms with E-state index in [1.165, 1.54) is 12.8 Å². The van der Waals surface area contributed by atoms with Crippen LogP contribution in [-0.4, -0.2) is 26.3 Å². The summed E-state index contributed by atoms with van der Waals surface area (Å²) >= 11 is 0. The topological polar surface area (TPSA) is 91.3 Å². The SMILES string of the molecule is CCCn1c(C2CCCC2)nc2nc(Oc3ccc4c(c3)OCO4)[nH]c(=O)c21. The number of hydrogen-bond acceptors (Lipinski definition) is 6. The number of aromatic amines is 1. The van der Waals surface area contributed by atoms with E-state index in [1.807, 2.05) is 4.57 Å². The number of nitrogens with zero attached hydrogens (tertiary/aromatic N) is 3. The number of ether oxygens (including phenoxy) is 3. The van der Waals surface area contributed by atoms with Gasteiger partial charge in [0.05, 0.1) is 0 Å². The monoisotopic (exact) mass is 382 g/mol. The molecule has 0 saturated heterocycles. The van der Waals surface area contributed by atoms with Crippen molar-refractivity contribution in [2.75, 3.05) is 6.79 Å². The maximum atomic E-state index is 12.8. The molecular weight excluding hydrogens is 360 g/mol. The Morgan fingerprint density at radius 1 is 1.21 bits per heavy atom. The lowest BCUT2D eigenvalue weighted by Crippen LogP contribution is -2.15. The number of aromatic nitrogens is 4. The molecule has 5 rings (SSSR count). The Labute approximate surface area is 161 Å². The van der Waals surface area contributed by atoms with Gasteiger partial charge >= 0.3 is 6.01 Å². The minimum Gasteiger partial charge on any atom is -0.454 e. The van der Waals surface area contributed by atoms with Crippen LogP contribution in [0.2, 0.25) is 0 Å². The van der Waals surface area contributed by atoms with E-state index < -0.39 is 0 Å². The van der Waals surface area contributed by atoms with Crippen LogP contribution in [0.1, 0.15) is 50.8 Å². The van der Waals surface area contributed by atoms with Crippen LogP contribution in [0.3, 0.4) is 0 Å². The summed E-state index contributed by atoms with van der Waals surface area (Å²) in [6.07, 6.45) is 5.58. The van der Waals surface area contributed by atoms with Crippen molar-refractivity contribution in [2.45, 2.75) is 51.5 Å². The summed E-state index contributed by atoms with van der Waals surface area (Å²) in [4.78, 5) is 24.8. The molecule has 0 atom stereocenters. The summed E-state index contributed by atoms with van der Waals surface area (Å²) in [6, 6.07) is 5.35. The van der Waals surface area contributed by atoms with E-state index in [4.69, 9.17) is 19.2 Å². The predicted molar refractivity (Wildman–Crippen MR) is 102 cm³/mol. The molecule has 0 radical (unpaired) electrons. The smallest absolute Gasteiger partial charge is 0.304 e. The number of fused-ring (bicyclic) bond motifs is 2. The van der Waals surface area contributed by atoms with Gasteiger partial charge < -0.3 is 18.8 Å². The maximum Gasteiger partial charge on any atom is 0.304 e. The first-order chi connectivity index (χ1) is 13.7. The Morgan fingerprint density at radius 2 is 2.04 bits per heavy atom. The number of rotatable bonds is 5. The van der Waals surface area contributed by atoms with Gasteiger partial charge in [-0.1, -0.05) is 19.8 Å². The van der Waals surface area contributed by atoms with Crippen LogP contribution < -0.4 is 19.8 Å². The molecule has 8 nitrogen and oxygen atoms in total. The van der Waals surface area contributed by atoms with E-state index in [0.717, 1.165) is 31.6 Å². The van der Waals surface area contributed by atoms with E-state index in [2.05, 4.69) is 16.9 Å². The highest BCUT2D eigenvalue weighted by Gasteiger charge is 2.25. The molecule has 1 aliphatic heterocycles. The molecule has 0 unspecified atom stereocenters. The van der Waals surface area contributed by atoms with E-state index in [0.29, 0.717) is 34.3 Å². The van der Waals surface area contributed by atoms with Crippen molar-refractivity contribution < 1.29 is 14.2 Å². The Morgan fingerprint density at radius 3 is 2.86 bits per heavy atom. The maximum absolute atomic E-state index is 12.8. The highest BCUT2D eigenvalue weighted by molar-refractivity contribution is 5.71. The Hall–Kier alpha value is -3.03. The zero-order valence-electron chi connectivity index (χ0n) is 15.7. The van der Waals surface area contributed by atoms with Gasteiger partial charge in [0.2, 0.25) is 6.79 Å². The van der Waals surface area contributed by atoms with Crippen molar-refractivity contribution >= 4 is 11.2 Å². The zero-order valence-corrected chi connectivity index (χ0v) is 15.7. The quantitative estimate of drug-likeness (QED) is 0.723. The van der Waals surface area contributed by atoms with Crippen LogP contribution in [0.4, 0.5) is 0 Å². The number of H-pyrrole nitrogens is 1. The molecule has 1 aliphatic carbocycles. The lowest BCUT2D eigenvalue weighted by Gasteiger charge is -2.12. The van der Waals surface area contributed by atoms with E-state index in [-0.39, 0.29) is 18.4 Å². The number of benzene rings is 1. The fraction of sp³-hybridized carbons (Fsp3) is 0.450. The van der Waals surface area contributed by atoms with E-state index in [9.17, 15) is 4.79 Å². The summed E-state index contributed by atoms with van der Waals surface area (Å²) in [7, 11) is 0. The molecule has 1 aromatic carbocycles. The summed E-state index contributed by atoms with van der Waals surface area (Å²) in [5.41, 5.74) is 0.738. The van der Waals surface area contributed by atoms with Crippen molar-refractivity contribution in [3.05, 3.63) is 34.4 Å². The zero-order chi connectivity index (χ0) is 19.1. The molecule has 3 heterocycles. The summed E-state index contributed by atoms with van der Waals surface area (Å²) in [5, 5.41) is 0. The molecule has 0 bridgehead atoms. The molecule has 0 amide bonds. The van der Waals surface area contributed by atoms with Crippen LogP contribution in [0, 0.1) is 0 Å². The van der Waals surface area contributed by atoms with Gasteiger partial charge in [0.15, 0.2) is 22.7 Å². The largest absolute Gasteiger partial charge is 0.454 e. The van der Waals surface area contributed by atoms with Gasteiger partial charge in [-0.25, -0.2) is 4.98 Å². The second-order valence-electron chi connectivity index (χ2n) is 7.26. The first kappa shape index (κ1) is 17.1. The Balaban J connectivity index is 1.53. The van der Waals surface area contributed by atoms with Gasteiger partial charge in [-0.15, -0.1) is 0 Å². The Kier molecular flexibility index (Phi) is 4.18. The van der Waals surface area contributed by atoms with Crippen LogP contribution >= 0.6 is 0 Å². The van der Waals surface area contributed by atoms with Crippen LogP contribution in [0.15, 0.2) is 23.0 Å². The minimum atomic E-state index is -0.231. The lowest BCUT2D eigenvalue weighted by atomic mass is 10.1. The average molecular weight is 382 g/mol. The number of nitrogens with one attached hydrogen (secondary N) is 1. The van der Waals surface area contributed by atoms with Gasteiger partial charge in [0.1, 0.15) is 11.6 Å². The van der Waals surface area contributed by atoms with Crippen molar-refractivity contribution in [3.8, 4) is 23.3 Å². The molecule has 1 N–H and O–H groups in total. The van der Waals surface area contributed by atoms with Crippen LogP contribution in [-0.2, 0) is 6.54 Å². The van der Waals surface area contributed by atoms with Crippen molar-refractivity contribution in [1.29, 1.82) is 0 Å². The lowest BCUT2D eigenvalue weighted by molar-refractivity contribution is 0.174. The molecular formula is C20H22N4O4. The van der Waals surface area contributed by atoms with Crippen molar-refractivity contribution in [1.82, 2.24) is 19.5 Å². The minimum absolute atomic E-state index is 0.121. The molecule has 2 aromatic heterocycles. The molecule has 1 fully saturated rings. The number of aryl methyl sites for hydroxylation is 1. The first-order valence-corrected chi connectivity index (χ1v) is 9.81. The fourth-order valence-corrected chi connectivity index (χ4v) is 4.09. The molecule has 146 valence electrons. The van der Waals surface area contributed by atoms with Gasteiger partial charge in [-0.3, -0.25) is 9.78 Å². The van der Waals surface area contributed by atoms with Crippen molar-refractivity contribution in [2.24, 2.45) is 0 Å². The fourth-order valence-electron chi connectivity index (χ4n) is 4.09. The first-order valence-electron chi connectivity index (χ1n) is 9.81. The van der Waals surface area contributed by atoms with E-state index >= 15 is 0 Å². The van der Waals surface area contributed by atoms with Crippen LogP contribution in [0.25, 0.3) is 11.2 Å². The second kappa shape index (κ2) is 6.85. The number of imidazole rings is 1. The second-order valence-corrected chi connectivity index (χ2v) is 7.26. The summed E-state index contributed by atoms with van der Waals surface area (Å²) in [5.74, 6) is 3.17. The predicted octanol–water partition coefficient (Wildman–Crippen LogP) is 3.71. The molecule has 3 aromatic rings. The van der Waals surface area contributed by atoms with Gasteiger partial charge in [0.25, 0.3) is 5.56 Å². The van der Waals surface area contributed by atoms with Crippen molar-refractivity contribution in [3.63, 3.8) is 0 Å². The molecule has 28 heavy (non-hydrogen) atoms. The molecule has 1 saturated carbocycles. The average Bonchev–Trinajstić information content (AvgIpc) is 3.41. The molecule has 8 heteroatoms. The normalized spacial score (nSPS) is 16.2. The van der Waals surface area contributed by atoms with Gasteiger partial charge in [-0.05, 0) is 31.4 Å². The third-order valence-corrected chi connectivity index (χ3v) is 5.35. The third kappa shape index (κ3) is 2.89. The Bertz CT molecular complexity index is 1080. The van der Waals surface area contributed by atoms with Crippen LogP contribution in [0.5, 0.6) is 23.3 Å². The molecule has 0 spiro atoms. The standard InChI is InChI=1S/C20H22N4O4/c1-2-9-24-16-17(21-18(24)12-5-3-4-6-12)22-20(23-19(16)25)28-13-7-8-14-15(10-13)27-11-26-14/h7-8,10,12H,2-6,9,11H2,1H3,(H,22,23,25). The van der Waals surface area contributed by atoms with Gasteiger partial charge in [-0.2, -0.15) is 4.98 Å². The summed E-state index contributed by atoms with van der Waals surface area (Å²) < 4.78 is 18.5. The molecule has 2 aliphatic rings. The number of hydrogen-bond donors (Lipinski definition) is 1. The highest BCUT2D eigenvalue weighted by Crippen LogP contribution is 2.37. The third-order valence-electron chi connectivity index (χ3n) is 5.35. The summed E-state index contributed by atoms with van der Waals surface area (Å²) in [6.45, 7) is 3.05.